The summed E-state index contributed by atoms with van der Waals surface area (Å²) in [7, 11) is 1.53. The third-order valence-electron chi connectivity index (χ3n) is 3.60. The number of hydrogen-bond acceptors (Lipinski definition) is 3. The molecule has 140 valence electrons. The predicted molar refractivity (Wildman–Crippen MR) is 94.1 cm³/mol. The fourth-order valence-corrected chi connectivity index (χ4v) is 2.48. The number of methoxy groups -OCH3 is 1. The van der Waals surface area contributed by atoms with Crippen molar-refractivity contribution in [2.75, 3.05) is 25.6 Å². The summed E-state index contributed by atoms with van der Waals surface area (Å²) in [5.41, 5.74) is -0.314. The summed E-state index contributed by atoms with van der Waals surface area (Å²) in [6.07, 6.45) is -4.53. The maximum atomic E-state index is 12.9. The summed E-state index contributed by atoms with van der Waals surface area (Å²) in [4.78, 5) is 12.7. The van der Waals surface area contributed by atoms with Crippen LogP contribution >= 0.6 is 11.6 Å². The molecule has 4 nitrogen and oxygen atoms in total. The lowest BCUT2D eigenvalue weighted by atomic mass is 10.1. The molecule has 0 heterocycles. The standard InChI is InChI=1S/C18H18ClF3N2O2/c1-26-10-9-23-16(12-5-3-2-4-6-12)17(25)24-15-11-13(18(20,21)22)7-8-14(15)19/h2-8,11,16,23H,9-10H2,1H3,(H,24,25). The van der Waals surface area contributed by atoms with E-state index in [9.17, 15) is 18.0 Å². The Kier molecular flexibility index (Phi) is 7.02. The highest BCUT2D eigenvalue weighted by molar-refractivity contribution is 6.33. The highest BCUT2D eigenvalue weighted by atomic mass is 35.5. The van der Waals surface area contributed by atoms with Crippen LogP contribution in [0, 0.1) is 0 Å². The second-order valence-electron chi connectivity index (χ2n) is 5.47. The van der Waals surface area contributed by atoms with Gasteiger partial charge in [-0.25, -0.2) is 0 Å². The van der Waals surface area contributed by atoms with Gasteiger partial charge >= 0.3 is 6.18 Å². The zero-order chi connectivity index (χ0) is 19.2. The molecule has 8 heteroatoms. The largest absolute Gasteiger partial charge is 0.416 e. The van der Waals surface area contributed by atoms with Crippen molar-refractivity contribution < 1.29 is 22.7 Å². The Bertz CT molecular complexity index is 739. The van der Waals surface area contributed by atoms with E-state index in [1.165, 1.54) is 7.11 Å². The zero-order valence-electron chi connectivity index (χ0n) is 13.9. The number of ether oxygens (including phenoxy) is 1. The number of halogens is 4. The molecular formula is C18H18ClF3N2O2. The van der Waals surface area contributed by atoms with Crippen LogP contribution in [0.5, 0.6) is 0 Å². The molecule has 0 aromatic heterocycles. The summed E-state index contributed by atoms with van der Waals surface area (Å²) in [6, 6.07) is 10.9. The third-order valence-corrected chi connectivity index (χ3v) is 3.93. The van der Waals surface area contributed by atoms with E-state index in [-0.39, 0.29) is 10.7 Å². The quantitative estimate of drug-likeness (QED) is 0.698. The van der Waals surface area contributed by atoms with Gasteiger partial charge in [-0.1, -0.05) is 41.9 Å². The SMILES string of the molecule is COCCNC(C(=O)Nc1cc(C(F)(F)F)ccc1Cl)c1ccccc1. The summed E-state index contributed by atoms with van der Waals surface area (Å²) in [6.45, 7) is 0.765. The second kappa shape index (κ2) is 9.02. The molecule has 0 saturated carbocycles. The summed E-state index contributed by atoms with van der Waals surface area (Å²) >= 11 is 5.95. The van der Waals surface area contributed by atoms with Crippen LogP contribution in [0.1, 0.15) is 17.2 Å². The lowest BCUT2D eigenvalue weighted by molar-refractivity contribution is -0.137. The van der Waals surface area contributed by atoms with Gasteiger partial charge in [0, 0.05) is 13.7 Å². The topological polar surface area (TPSA) is 50.4 Å². The smallest absolute Gasteiger partial charge is 0.383 e. The molecule has 0 fully saturated rings. The summed E-state index contributed by atoms with van der Waals surface area (Å²) in [5.74, 6) is -0.520. The average molecular weight is 387 g/mol. The van der Waals surface area contributed by atoms with Crippen LogP contribution in [0.2, 0.25) is 5.02 Å². The van der Waals surface area contributed by atoms with Crippen LogP contribution in [0.15, 0.2) is 48.5 Å². The molecule has 2 N–H and O–H groups in total. The van der Waals surface area contributed by atoms with Crippen molar-refractivity contribution >= 4 is 23.2 Å². The van der Waals surface area contributed by atoms with E-state index in [0.29, 0.717) is 18.7 Å². The minimum atomic E-state index is -4.53. The number of amides is 1. The van der Waals surface area contributed by atoms with Crippen molar-refractivity contribution in [3.05, 3.63) is 64.7 Å². The molecule has 2 aromatic carbocycles. The molecule has 2 rings (SSSR count). The molecule has 1 unspecified atom stereocenters. The second-order valence-corrected chi connectivity index (χ2v) is 5.88. The fourth-order valence-electron chi connectivity index (χ4n) is 2.32. The van der Waals surface area contributed by atoms with E-state index in [1.54, 1.807) is 30.3 Å². The number of anilines is 1. The van der Waals surface area contributed by atoms with Crippen LogP contribution in [0.25, 0.3) is 0 Å². The molecule has 26 heavy (non-hydrogen) atoms. The van der Waals surface area contributed by atoms with Crippen LogP contribution < -0.4 is 10.6 Å². The van der Waals surface area contributed by atoms with E-state index in [1.807, 2.05) is 0 Å². The van der Waals surface area contributed by atoms with Crippen LogP contribution in [-0.4, -0.2) is 26.2 Å². The number of rotatable bonds is 7. The first-order valence-electron chi connectivity index (χ1n) is 7.78. The molecule has 0 aliphatic rings. The van der Waals surface area contributed by atoms with Crippen molar-refractivity contribution in [2.45, 2.75) is 12.2 Å². The molecule has 1 amide bonds. The number of benzene rings is 2. The normalized spacial score (nSPS) is 12.7. The number of carbonyl (C=O) groups excluding carboxylic acids is 1. The Labute approximate surface area is 154 Å². The maximum absolute atomic E-state index is 12.9. The molecular weight excluding hydrogens is 369 g/mol. The fraction of sp³-hybridized carbons (Fsp3) is 0.278. The predicted octanol–water partition coefficient (Wildman–Crippen LogP) is 4.27. The molecule has 0 aliphatic heterocycles. The number of carbonyl (C=O) groups is 1. The number of hydrogen-bond donors (Lipinski definition) is 2. The van der Waals surface area contributed by atoms with Gasteiger partial charge in [0.15, 0.2) is 0 Å². The third kappa shape index (κ3) is 5.45. The highest BCUT2D eigenvalue weighted by Gasteiger charge is 2.31. The van der Waals surface area contributed by atoms with Crippen molar-refractivity contribution in [3.63, 3.8) is 0 Å². The molecule has 0 aliphatic carbocycles. The molecule has 0 radical (unpaired) electrons. The first kappa shape index (κ1) is 20.2. The van der Waals surface area contributed by atoms with Gasteiger partial charge in [-0.2, -0.15) is 13.2 Å². The lowest BCUT2D eigenvalue weighted by Crippen LogP contribution is -2.35. The first-order valence-corrected chi connectivity index (χ1v) is 8.15. The zero-order valence-corrected chi connectivity index (χ0v) is 14.7. The van der Waals surface area contributed by atoms with Crippen LogP contribution in [0.4, 0.5) is 18.9 Å². The number of alkyl halides is 3. The maximum Gasteiger partial charge on any atom is 0.416 e. The Morgan fingerprint density at radius 1 is 1.19 bits per heavy atom. The molecule has 0 saturated heterocycles. The van der Waals surface area contributed by atoms with Gasteiger partial charge in [0.25, 0.3) is 0 Å². The molecule has 1 atom stereocenters. The van der Waals surface area contributed by atoms with Crippen LogP contribution in [-0.2, 0) is 15.7 Å². The Hall–Kier alpha value is -2.09. The van der Waals surface area contributed by atoms with Crippen molar-refractivity contribution in [1.82, 2.24) is 5.32 Å². The van der Waals surface area contributed by atoms with Gasteiger partial charge in [-0.15, -0.1) is 0 Å². The Morgan fingerprint density at radius 2 is 1.88 bits per heavy atom. The van der Waals surface area contributed by atoms with Gasteiger partial charge < -0.3 is 10.1 Å². The lowest BCUT2D eigenvalue weighted by Gasteiger charge is -2.20. The minimum absolute atomic E-state index is 0.0232. The van der Waals surface area contributed by atoms with Crippen molar-refractivity contribution in [2.24, 2.45) is 0 Å². The summed E-state index contributed by atoms with van der Waals surface area (Å²) < 4.78 is 43.6. The molecule has 2 aromatic rings. The van der Waals surface area contributed by atoms with Gasteiger partial charge in [-0.3, -0.25) is 10.1 Å². The van der Waals surface area contributed by atoms with E-state index >= 15 is 0 Å². The van der Waals surface area contributed by atoms with Gasteiger partial charge in [0.2, 0.25) is 5.91 Å². The van der Waals surface area contributed by atoms with Gasteiger partial charge in [0.1, 0.15) is 6.04 Å². The minimum Gasteiger partial charge on any atom is -0.383 e. The Balaban J connectivity index is 2.24. The van der Waals surface area contributed by atoms with Gasteiger partial charge in [0.05, 0.1) is 22.9 Å². The van der Waals surface area contributed by atoms with E-state index in [4.69, 9.17) is 16.3 Å². The van der Waals surface area contributed by atoms with Gasteiger partial charge in [-0.05, 0) is 23.8 Å². The van der Waals surface area contributed by atoms with E-state index < -0.39 is 23.7 Å². The van der Waals surface area contributed by atoms with E-state index in [0.717, 1.165) is 18.2 Å². The van der Waals surface area contributed by atoms with Crippen LogP contribution in [0.3, 0.4) is 0 Å². The highest BCUT2D eigenvalue weighted by Crippen LogP contribution is 2.34. The van der Waals surface area contributed by atoms with E-state index in [2.05, 4.69) is 10.6 Å². The number of nitrogens with one attached hydrogen (secondary N) is 2. The van der Waals surface area contributed by atoms with Crippen molar-refractivity contribution in [1.29, 1.82) is 0 Å². The molecule has 0 bridgehead atoms. The first-order chi connectivity index (χ1) is 12.3. The monoisotopic (exact) mass is 386 g/mol. The average Bonchev–Trinajstić information content (AvgIpc) is 2.60. The Morgan fingerprint density at radius 3 is 2.50 bits per heavy atom. The van der Waals surface area contributed by atoms with Crippen molar-refractivity contribution in [3.8, 4) is 0 Å². The molecule has 0 spiro atoms. The summed E-state index contributed by atoms with van der Waals surface area (Å²) in [5, 5.41) is 5.52.